The maximum Gasteiger partial charge on any atom is 0.309 e. The van der Waals surface area contributed by atoms with Gasteiger partial charge in [-0.3, -0.25) is 4.79 Å². The summed E-state index contributed by atoms with van der Waals surface area (Å²) in [6.45, 7) is 0.453. The molecule has 2 rings (SSSR count). The van der Waals surface area contributed by atoms with Crippen molar-refractivity contribution in [2.45, 2.75) is 32.1 Å². The van der Waals surface area contributed by atoms with Crippen molar-refractivity contribution in [3.05, 3.63) is 28.7 Å². The number of benzene rings is 1. The van der Waals surface area contributed by atoms with Crippen molar-refractivity contribution < 1.29 is 14.6 Å². The SMILES string of the molecule is O=C(O)C1(CCOc2ccccc2Br)CCCC1. The quantitative estimate of drug-likeness (QED) is 0.898. The molecule has 1 aromatic carbocycles. The lowest BCUT2D eigenvalue weighted by atomic mass is 9.83. The van der Waals surface area contributed by atoms with Gasteiger partial charge >= 0.3 is 5.97 Å². The molecule has 0 saturated heterocycles. The zero-order valence-corrected chi connectivity index (χ0v) is 11.8. The van der Waals surface area contributed by atoms with E-state index in [4.69, 9.17) is 4.74 Å². The third-order valence-electron chi connectivity index (χ3n) is 3.69. The lowest BCUT2D eigenvalue weighted by Crippen LogP contribution is -2.29. The number of halogens is 1. The first-order valence-corrected chi connectivity index (χ1v) is 7.04. The van der Waals surface area contributed by atoms with Crippen molar-refractivity contribution in [2.75, 3.05) is 6.61 Å². The highest BCUT2D eigenvalue weighted by atomic mass is 79.9. The molecule has 3 nitrogen and oxygen atoms in total. The molecule has 4 heteroatoms. The third-order valence-corrected chi connectivity index (χ3v) is 4.34. The smallest absolute Gasteiger partial charge is 0.309 e. The van der Waals surface area contributed by atoms with Crippen LogP contribution in [-0.2, 0) is 4.79 Å². The van der Waals surface area contributed by atoms with Gasteiger partial charge in [0.2, 0.25) is 0 Å². The number of para-hydroxylation sites is 1. The summed E-state index contributed by atoms with van der Waals surface area (Å²) in [5, 5.41) is 9.35. The maximum absolute atomic E-state index is 11.4. The fraction of sp³-hybridized carbons (Fsp3) is 0.500. The Morgan fingerprint density at radius 1 is 1.33 bits per heavy atom. The molecule has 1 aliphatic carbocycles. The van der Waals surface area contributed by atoms with Crippen molar-refractivity contribution >= 4 is 21.9 Å². The minimum atomic E-state index is -0.671. The summed E-state index contributed by atoms with van der Waals surface area (Å²) in [6.07, 6.45) is 4.18. The molecule has 1 aromatic rings. The first kappa shape index (κ1) is 13.4. The Hall–Kier alpha value is -1.03. The molecule has 0 unspecified atom stereocenters. The van der Waals surface area contributed by atoms with Crippen LogP contribution in [0.25, 0.3) is 0 Å². The summed E-state index contributed by atoms with van der Waals surface area (Å²) in [6, 6.07) is 7.62. The lowest BCUT2D eigenvalue weighted by Gasteiger charge is -2.23. The number of hydrogen-bond acceptors (Lipinski definition) is 2. The first-order chi connectivity index (χ1) is 8.64. The van der Waals surface area contributed by atoms with Crippen LogP contribution < -0.4 is 4.74 Å². The summed E-state index contributed by atoms with van der Waals surface area (Å²) in [5.41, 5.74) is -0.554. The second-order valence-corrected chi connectivity index (χ2v) is 5.68. The molecular formula is C14H17BrO3. The summed E-state index contributed by atoms with van der Waals surface area (Å²) < 4.78 is 6.57. The van der Waals surface area contributed by atoms with Crippen molar-refractivity contribution in [3.8, 4) is 5.75 Å². The van der Waals surface area contributed by atoms with Crippen LogP contribution >= 0.6 is 15.9 Å². The lowest BCUT2D eigenvalue weighted by molar-refractivity contribution is -0.149. The number of ether oxygens (including phenoxy) is 1. The van der Waals surface area contributed by atoms with Gasteiger partial charge in [0, 0.05) is 0 Å². The highest BCUT2D eigenvalue weighted by Crippen LogP contribution is 2.41. The molecule has 0 amide bonds. The second-order valence-electron chi connectivity index (χ2n) is 4.82. The number of carboxylic acids is 1. The molecule has 1 N–H and O–H groups in total. The molecular weight excluding hydrogens is 296 g/mol. The largest absolute Gasteiger partial charge is 0.492 e. The van der Waals surface area contributed by atoms with E-state index in [0.29, 0.717) is 13.0 Å². The summed E-state index contributed by atoms with van der Waals surface area (Å²) >= 11 is 3.41. The minimum absolute atomic E-state index is 0.453. The standard InChI is InChI=1S/C14H17BrO3/c15-11-5-1-2-6-12(11)18-10-9-14(13(16)17)7-3-4-8-14/h1-2,5-6H,3-4,7-10H2,(H,16,17). The fourth-order valence-electron chi connectivity index (χ4n) is 2.54. The molecule has 1 aliphatic rings. The number of rotatable bonds is 5. The van der Waals surface area contributed by atoms with E-state index >= 15 is 0 Å². The van der Waals surface area contributed by atoms with Crippen molar-refractivity contribution in [1.29, 1.82) is 0 Å². The summed E-state index contributed by atoms with van der Waals surface area (Å²) in [4.78, 5) is 11.4. The van der Waals surface area contributed by atoms with Gasteiger partial charge in [-0.05, 0) is 47.3 Å². The second kappa shape index (κ2) is 5.74. The monoisotopic (exact) mass is 312 g/mol. The van der Waals surface area contributed by atoms with Crippen LogP contribution in [-0.4, -0.2) is 17.7 Å². The molecule has 1 fully saturated rings. The Labute approximate surface area is 115 Å². The summed E-state index contributed by atoms with van der Waals surface area (Å²) in [7, 11) is 0. The van der Waals surface area contributed by atoms with Crippen LogP contribution in [0.3, 0.4) is 0 Å². The molecule has 0 heterocycles. The van der Waals surface area contributed by atoms with E-state index in [1.165, 1.54) is 0 Å². The molecule has 0 aromatic heterocycles. The van der Waals surface area contributed by atoms with Gasteiger partial charge in [0.15, 0.2) is 0 Å². The zero-order chi connectivity index (χ0) is 13.0. The Morgan fingerprint density at radius 3 is 2.61 bits per heavy atom. The highest BCUT2D eigenvalue weighted by molar-refractivity contribution is 9.10. The number of hydrogen-bond donors (Lipinski definition) is 1. The topological polar surface area (TPSA) is 46.5 Å². The van der Waals surface area contributed by atoms with Gasteiger partial charge in [0.1, 0.15) is 5.75 Å². The predicted molar refractivity (Wildman–Crippen MR) is 72.8 cm³/mol. The molecule has 98 valence electrons. The van der Waals surface area contributed by atoms with Gasteiger partial charge in [0.05, 0.1) is 16.5 Å². The van der Waals surface area contributed by atoms with E-state index in [1.54, 1.807) is 0 Å². The van der Waals surface area contributed by atoms with Crippen LogP contribution in [0.2, 0.25) is 0 Å². The van der Waals surface area contributed by atoms with E-state index in [-0.39, 0.29) is 0 Å². The maximum atomic E-state index is 11.4. The highest BCUT2D eigenvalue weighted by Gasteiger charge is 2.40. The van der Waals surface area contributed by atoms with Crippen molar-refractivity contribution in [3.63, 3.8) is 0 Å². The summed E-state index contributed by atoms with van der Waals surface area (Å²) in [5.74, 6) is 0.103. The van der Waals surface area contributed by atoms with Crippen LogP contribution in [0.1, 0.15) is 32.1 Å². The Morgan fingerprint density at radius 2 is 2.00 bits per heavy atom. The van der Waals surface area contributed by atoms with E-state index in [1.807, 2.05) is 24.3 Å². The van der Waals surface area contributed by atoms with E-state index in [2.05, 4.69) is 15.9 Å². The Kier molecular flexibility index (Phi) is 4.27. The minimum Gasteiger partial charge on any atom is -0.492 e. The van der Waals surface area contributed by atoms with Gasteiger partial charge in [-0.25, -0.2) is 0 Å². The van der Waals surface area contributed by atoms with E-state index in [0.717, 1.165) is 35.9 Å². The van der Waals surface area contributed by atoms with Gasteiger partial charge in [-0.15, -0.1) is 0 Å². The molecule has 0 radical (unpaired) electrons. The average molecular weight is 313 g/mol. The molecule has 0 atom stereocenters. The van der Waals surface area contributed by atoms with E-state index in [9.17, 15) is 9.90 Å². The average Bonchev–Trinajstić information content (AvgIpc) is 2.82. The van der Waals surface area contributed by atoms with Crippen molar-refractivity contribution in [2.24, 2.45) is 5.41 Å². The number of carboxylic acid groups (broad SMARTS) is 1. The molecule has 0 bridgehead atoms. The number of carbonyl (C=O) groups is 1. The van der Waals surface area contributed by atoms with Gasteiger partial charge in [-0.1, -0.05) is 25.0 Å². The third kappa shape index (κ3) is 2.86. The van der Waals surface area contributed by atoms with Crippen LogP contribution in [0, 0.1) is 5.41 Å². The van der Waals surface area contributed by atoms with E-state index < -0.39 is 11.4 Å². The Bertz CT molecular complexity index is 425. The fourth-order valence-corrected chi connectivity index (χ4v) is 2.94. The molecule has 1 saturated carbocycles. The van der Waals surface area contributed by atoms with Gasteiger partial charge < -0.3 is 9.84 Å². The van der Waals surface area contributed by atoms with Crippen LogP contribution in [0.5, 0.6) is 5.75 Å². The first-order valence-electron chi connectivity index (χ1n) is 6.25. The van der Waals surface area contributed by atoms with Gasteiger partial charge in [-0.2, -0.15) is 0 Å². The van der Waals surface area contributed by atoms with Crippen LogP contribution in [0.4, 0.5) is 0 Å². The normalized spacial score (nSPS) is 17.6. The number of aliphatic carboxylic acids is 1. The molecule has 18 heavy (non-hydrogen) atoms. The molecule has 0 spiro atoms. The van der Waals surface area contributed by atoms with Gasteiger partial charge in [0.25, 0.3) is 0 Å². The zero-order valence-electron chi connectivity index (χ0n) is 10.2. The van der Waals surface area contributed by atoms with Crippen molar-refractivity contribution in [1.82, 2.24) is 0 Å². The Balaban J connectivity index is 1.92. The predicted octanol–water partition coefficient (Wildman–Crippen LogP) is 3.86. The molecule has 0 aliphatic heterocycles. The van der Waals surface area contributed by atoms with Crippen LogP contribution in [0.15, 0.2) is 28.7 Å².